The SMILES string of the molecule is C.C.C.C.C.C.C.C.C.C.C.C.C.C.C.C.CC1C2CC(C(=O)O)C(C2)C1C.CCC(C)(C)C(=O)O.CCC(C)(C)C(=O)OC12CC3CC(C1)CC(C(=O)O)(C3)C2.CCC(C)c1cc(C)c(C(=O)O)c(C)c1.CCC(C)c1ccc(C(=O)O)cc1.CCC(C)c1ccc(O)cc1.CCC(C)c1ccccc1C(=O)O.CCOC(=O)C(C)(C)CC.CCOC(=O)C(C)(C)CC.O=C(O)C1CC2CCC1C2.O=C(O)C1CCCCC1. The summed E-state index contributed by atoms with van der Waals surface area (Å²) in [5, 5.41) is 80.0. The van der Waals surface area contributed by atoms with Gasteiger partial charge in [-0.2, -0.15) is 0 Å². The normalized spacial score (nSPS) is 20.9. The van der Waals surface area contributed by atoms with Crippen LogP contribution in [-0.4, -0.2) is 130 Å². The highest BCUT2D eigenvalue weighted by atomic mass is 16.6. The average molecular weight is 2110 g/mol. The summed E-state index contributed by atoms with van der Waals surface area (Å²) in [5.74, 6) is 0.842. The smallest absolute Gasteiger partial charge is 0.336 e. The molecule has 14 atom stereocenters. The number of benzene rings is 4. The van der Waals surface area contributed by atoms with Crippen molar-refractivity contribution in [2.45, 2.75) is 489 Å². The molecule has 9 N–H and O–H groups in total. The molecule has 0 aromatic heterocycles. The predicted molar refractivity (Wildman–Crippen MR) is 628 cm³/mol. The van der Waals surface area contributed by atoms with Crippen LogP contribution in [0.4, 0.5) is 0 Å². The first-order valence-corrected chi connectivity index (χ1v) is 49.0. The van der Waals surface area contributed by atoms with Gasteiger partial charge in [-0.25, -0.2) is 14.4 Å². The molecule has 4 aromatic rings. The molecule has 23 nitrogen and oxygen atoms in total. The van der Waals surface area contributed by atoms with Crippen LogP contribution in [0.15, 0.2) is 84.9 Å². The van der Waals surface area contributed by atoms with Crippen LogP contribution < -0.4 is 0 Å². The summed E-state index contributed by atoms with van der Waals surface area (Å²) < 4.78 is 15.7. The van der Waals surface area contributed by atoms with E-state index in [1.807, 2.05) is 152 Å². The number of aliphatic carboxylic acids is 5. The lowest BCUT2D eigenvalue weighted by atomic mass is 9.48. The third-order valence-electron chi connectivity index (χ3n) is 30.0. The number of rotatable bonds is 26. The maximum atomic E-state index is 12.5. The molecule has 872 valence electrons. The molecule has 0 spiro atoms. The minimum atomic E-state index is -0.865. The number of ether oxygens (including phenoxy) is 3. The van der Waals surface area contributed by atoms with Gasteiger partial charge in [0.1, 0.15) is 11.4 Å². The lowest BCUT2D eigenvalue weighted by Gasteiger charge is -2.59. The van der Waals surface area contributed by atoms with Crippen molar-refractivity contribution in [2.75, 3.05) is 13.2 Å². The van der Waals surface area contributed by atoms with E-state index < -0.39 is 69.6 Å². The second-order valence-electron chi connectivity index (χ2n) is 41.1. The molecular weight excluding hydrogens is 1870 g/mol. The van der Waals surface area contributed by atoms with Crippen LogP contribution in [0.5, 0.6) is 5.75 Å². The number of esters is 3. The van der Waals surface area contributed by atoms with Gasteiger partial charge in [-0.05, 0) is 346 Å². The summed E-state index contributed by atoms with van der Waals surface area (Å²) in [7, 11) is 0. The lowest BCUT2D eigenvalue weighted by molar-refractivity contribution is -0.215. The summed E-state index contributed by atoms with van der Waals surface area (Å²) in [6, 6.07) is 25.7. The molecule has 0 saturated heterocycles. The van der Waals surface area contributed by atoms with E-state index in [-0.39, 0.29) is 165 Å². The Bertz CT molecular complexity index is 4210. The molecule has 148 heavy (non-hydrogen) atoms. The van der Waals surface area contributed by atoms with E-state index in [9.17, 15) is 57.8 Å². The molecule has 9 fully saturated rings. The van der Waals surface area contributed by atoms with Crippen LogP contribution in [0.3, 0.4) is 0 Å². The third kappa shape index (κ3) is 53.2. The molecule has 9 aliphatic rings. The standard InChI is InChI=1S/C17H26O4.C13H18O2.2C11H14O2.C10H16O2.C10H14O.C8H12O2.2C8H16O2.C7H12O2.C6H12O2.16CH4/c1-4-15(2,3)14(20)21-17-8-11-5-12(9-17)7-16(6-11,10-17)13(18)19;1-5-8(2)11-6-9(3)12(13(14)15)10(4)7-11;1-3-8(2)9-4-6-10(7-5-9)11(12)13;1-3-8(2)9-6-4-5-7-10(9)11(12)13;1-5-6(2)8-3-7(5)4-9(8)10(11)12;1-3-8(2)9-4-6-10(11)7-5-9;9-8(10)7-4-5-1-2-6(7)3-5;2*1-5-8(3,4)7(9)10-6-2;8-7(9)6-4-2-1-3-5-6;1-4-6(2,3)5(7)8;;;;;;;;;;;;;;;;/h11-12H,4-10H2,1-3H3,(H,18,19);6-8H,5H2,1-4H3,(H,14,15);2*4-8H,3H2,1-2H3,(H,12,13);5-9H,3-4H2,1-2H3,(H,11,12);4-8,11H,3H2,1-2H3;5-7H,1-4H2,(H,9,10);2*5-6H2,1-4H3;6H,1-5H2,(H,8,9);4H2,1-3H3,(H,7,8);16*1H4. The Balaban J connectivity index is -0.000000101. The maximum absolute atomic E-state index is 12.5. The van der Waals surface area contributed by atoms with Gasteiger partial charge in [0.15, 0.2) is 0 Å². The second-order valence-corrected chi connectivity index (χ2v) is 41.1. The molecule has 8 bridgehead atoms. The fourth-order valence-electron chi connectivity index (χ4n) is 18.7. The minimum Gasteiger partial charge on any atom is -0.508 e. The highest BCUT2D eigenvalue weighted by molar-refractivity contribution is 5.91. The van der Waals surface area contributed by atoms with Crippen molar-refractivity contribution in [1.82, 2.24) is 0 Å². The first kappa shape index (κ1) is 172. The van der Waals surface area contributed by atoms with Crippen molar-refractivity contribution in [2.24, 2.45) is 92.2 Å². The first-order valence-electron chi connectivity index (χ1n) is 49.0. The average Bonchev–Trinajstić information content (AvgIpc) is 1.03. The van der Waals surface area contributed by atoms with Gasteiger partial charge in [-0.3, -0.25) is 38.4 Å². The van der Waals surface area contributed by atoms with Gasteiger partial charge in [0.2, 0.25) is 0 Å². The monoisotopic (exact) mass is 2100 g/mol. The molecule has 9 saturated carbocycles. The Hall–Kier alpha value is -9.15. The number of aryl methyl sites for hydroxylation is 2. The number of hydrogen-bond donors (Lipinski definition) is 9. The van der Waals surface area contributed by atoms with Gasteiger partial charge in [0.25, 0.3) is 0 Å². The Morgan fingerprint density at radius 3 is 1.07 bits per heavy atom. The van der Waals surface area contributed by atoms with Gasteiger partial charge in [-0.15, -0.1) is 0 Å². The van der Waals surface area contributed by atoms with Crippen molar-refractivity contribution in [3.05, 3.63) is 135 Å². The van der Waals surface area contributed by atoms with E-state index in [0.29, 0.717) is 108 Å². The number of aromatic carboxylic acids is 3. The number of fused-ring (bicyclic) bond motifs is 4. The van der Waals surface area contributed by atoms with E-state index in [2.05, 4.69) is 62.3 Å². The highest BCUT2D eigenvalue weighted by Crippen LogP contribution is 2.63. The second kappa shape index (κ2) is 80.7. The fraction of sp³-hybridized carbons (Fsp3) is 0.720. The highest BCUT2D eigenvalue weighted by Gasteiger charge is 2.63. The molecule has 23 heteroatoms. The van der Waals surface area contributed by atoms with E-state index in [0.717, 1.165) is 144 Å². The number of carboxylic acid groups (broad SMARTS) is 8. The van der Waals surface area contributed by atoms with Crippen LogP contribution in [0.2, 0.25) is 0 Å². The number of phenols is 1. The van der Waals surface area contributed by atoms with Crippen LogP contribution >= 0.6 is 0 Å². The molecule has 0 amide bonds. The van der Waals surface area contributed by atoms with Crippen molar-refractivity contribution in [3.8, 4) is 5.75 Å². The molecule has 0 radical (unpaired) electrons. The van der Waals surface area contributed by atoms with Crippen LogP contribution in [0.25, 0.3) is 0 Å². The Morgan fingerprint density at radius 2 is 0.777 bits per heavy atom. The number of aromatic hydroxyl groups is 1. The minimum absolute atomic E-state index is 0. The summed E-state index contributed by atoms with van der Waals surface area (Å²) in [6.07, 6.45) is 24.2. The molecule has 4 aromatic carbocycles. The Morgan fingerprint density at radius 1 is 0.385 bits per heavy atom. The van der Waals surface area contributed by atoms with Gasteiger partial charge in [0, 0.05) is 6.42 Å². The summed E-state index contributed by atoms with van der Waals surface area (Å²) in [4.78, 5) is 121. The van der Waals surface area contributed by atoms with Crippen LogP contribution in [-0.2, 0) is 52.6 Å². The lowest BCUT2D eigenvalue weighted by Crippen LogP contribution is -2.60. The molecule has 0 heterocycles. The largest absolute Gasteiger partial charge is 0.508 e. The number of phenolic OH excluding ortho intramolecular Hbond substituents is 1. The van der Waals surface area contributed by atoms with E-state index in [1.54, 1.807) is 50.2 Å². The topological polar surface area (TPSA) is 398 Å². The number of carboxylic acids is 8. The van der Waals surface area contributed by atoms with Gasteiger partial charge < -0.3 is 60.2 Å². The number of carbonyl (C=O) groups is 11. The number of carbonyl (C=O) groups excluding carboxylic acids is 3. The number of hydrogen-bond acceptors (Lipinski definition) is 15. The van der Waals surface area contributed by atoms with Crippen molar-refractivity contribution >= 4 is 65.7 Å². The first-order chi connectivity index (χ1) is 61.5. The fourth-order valence-corrected chi connectivity index (χ4v) is 18.7. The molecule has 9 aliphatic carbocycles. The van der Waals surface area contributed by atoms with Crippen molar-refractivity contribution in [1.29, 1.82) is 0 Å². The quantitative estimate of drug-likeness (QED) is 0.0208. The van der Waals surface area contributed by atoms with E-state index in [1.165, 1.54) is 48.8 Å². The van der Waals surface area contributed by atoms with Crippen LogP contribution in [0, 0.1) is 106 Å². The van der Waals surface area contributed by atoms with E-state index in [4.69, 9.17) is 55.1 Å². The van der Waals surface area contributed by atoms with Gasteiger partial charge in [0.05, 0.1) is 74.7 Å². The third-order valence-corrected chi connectivity index (χ3v) is 30.0. The Labute approximate surface area is 908 Å². The molecule has 14 unspecified atom stereocenters. The summed E-state index contributed by atoms with van der Waals surface area (Å²) in [5.41, 5.74) is 4.81. The van der Waals surface area contributed by atoms with Crippen molar-refractivity contribution < 1.29 is 113 Å². The predicted octanol–water partition coefficient (Wildman–Crippen LogP) is 36.4. The van der Waals surface area contributed by atoms with Gasteiger partial charge in [-0.1, -0.05) is 296 Å². The zero-order valence-electron chi connectivity index (χ0n) is 85.1. The molecule has 0 aliphatic heterocycles. The Kier molecular flexibility index (Phi) is 93.8. The summed E-state index contributed by atoms with van der Waals surface area (Å²) in [6.45, 7) is 52.5. The maximum Gasteiger partial charge on any atom is 0.336 e. The molecule has 13 rings (SSSR count). The summed E-state index contributed by atoms with van der Waals surface area (Å²) >= 11 is 0. The zero-order chi connectivity index (χ0) is 101. The van der Waals surface area contributed by atoms with E-state index >= 15 is 0 Å². The zero-order valence-corrected chi connectivity index (χ0v) is 85.1. The van der Waals surface area contributed by atoms with Gasteiger partial charge >= 0.3 is 65.7 Å². The van der Waals surface area contributed by atoms with Crippen LogP contribution in [0.1, 0.15) is 534 Å². The molecular formula is C125H234O23. The van der Waals surface area contributed by atoms with Crippen molar-refractivity contribution in [3.63, 3.8) is 0 Å².